The van der Waals surface area contributed by atoms with Crippen molar-refractivity contribution in [1.82, 2.24) is 19.8 Å². The molecule has 0 bridgehead atoms. The molecule has 12 heteroatoms. The normalized spacial score (nSPS) is 18.7. The molecule has 2 aliphatic rings. The molecule has 38 heavy (non-hydrogen) atoms. The Morgan fingerprint density at radius 2 is 1.84 bits per heavy atom. The molecule has 3 amide bonds. The molecule has 1 saturated heterocycles. The number of nitrogens with two attached hydrogens (primary N) is 1. The van der Waals surface area contributed by atoms with Gasteiger partial charge in [0.15, 0.2) is 0 Å². The molecule has 11 nitrogen and oxygen atoms in total. The van der Waals surface area contributed by atoms with E-state index in [1.54, 1.807) is 17.0 Å². The summed E-state index contributed by atoms with van der Waals surface area (Å²) in [7, 11) is -4.13. The van der Waals surface area contributed by atoms with Crippen LogP contribution in [-0.4, -0.2) is 86.0 Å². The number of carbonyl (C=O) groups excluding carboxylic acids is 2. The third-order valence-electron chi connectivity index (χ3n) is 7.03. The highest BCUT2D eigenvalue weighted by Crippen LogP contribution is 2.28. The Labute approximate surface area is 222 Å². The predicted octanol–water partition coefficient (Wildman–Crippen LogP) is 1.33. The number of hydrogen-bond acceptors (Lipinski definition) is 6. The number of carboxylic acid groups (broad SMARTS) is 1. The zero-order valence-corrected chi connectivity index (χ0v) is 22.0. The molecular weight excluding hydrogens is 510 g/mol. The average Bonchev–Trinajstić information content (AvgIpc) is 3.75. The minimum atomic E-state index is -4.13. The zero-order chi connectivity index (χ0) is 27.3. The van der Waals surface area contributed by atoms with Gasteiger partial charge in [-0.2, -0.15) is 4.72 Å². The topological polar surface area (TPSA) is 162 Å². The van der Waals surface area contributed by atoms with E-state index in [0.29, 0.717) is 19.5 Å². The molecule has 1 aliphatic heterocycles. The first-order chi connectivity index (χ1) is 18.2. The largest absolute Gasteiger partial charge is 0.465 e. The first-order valence-corrected chi connectivity index (χ1v) is 14.4. The second-order valence-corrected chi connectivity index (χ2v) is 11.7. The molecule has 1 aliphatic carbocycles. The third kappa shape index (κ3) is 7.00. The molecule has 2 aromatic carbocycles. The number of nitrogens with one attached hydrogen (secondary N) is 2. The number of piperidine rings is 1. The van der Waals surface area contributed by atoms with E-state index in [4.69, 9.17) is 5.73 Å². The van der Waals surface area contributed by atoms with Gasteiger partial charge in [0.1, 0.15) is 6.04 Å². The molecule has 1 saturated carbocycles. The van der Waals surface area contributed by atoms with E-state index in [1.807, 2.05) is 18.2 Å². The van der Waals surface area contributed by atoms with Crippen molar-refractivity contribution in [3.8, 4) is 0 Å². The van der Waals surface area contributed by atoms with E-state index in [9.17, 15) is 27.9 Å². The van der Waals surface area contributed by atoms with Gasteiger partial charge in [-0.05, 0) is 54.5 Å². The quantitative estimate of drug-likeness (QED) is 0.331. The molecule has 0 aromatic heterocycles. The van der Waals surface area contributed by atoms with Crippen LogP contribution in [0.15, 0.2) is 47.4 Å². The molecule has 2 fully saturated rings. The van der Waals surface area contributed by atoms with Crippen LogP contribution < -0.4 is 15.8 Å². The fourth-order valence-electron chi connectivity index (χ4n) is 4.89. The Hall–Kier alpha value is -3.22. The number of fused-ring (bicyclic) bond motifs is 1. The fourth-order valence-corrected chi connectivity index (χ4v) is 6.11. The predicted molar refractivity (Wildman–Crippen MR) is 142 cm³/mol. The smallest absolute Gasteiger partial charge is 0.407 e. The van der Waals surface area contributed by atoms with Crippen LogP contribution in [0.1, 0.15) is 32.1 Å². The maximum Gasteiger partial charge on any atom is 0.407 e. The molecule has 0 radical (unpaired) electrons. The molecule has 2 aromatic rings. The summed E-state index contributed by atoms with van der Waals surface area (Å²) in [4.78, 5) is 40.6. The minimum absolute atomic E-state index is 0.00201. The lowest BCUT2D eigenvalue weighted by molar-refractivity contribution is -0.136. The summed E-state index contributed by atoms with van der Waals surface area (Å²) in [6.07, 6.45) is 1.72. The molecule has 0 unspecified atom stereocenters. The van der Waals surface area contributed by atoms with Crippen LogP contribution in [0, 0.1) is 5.92 Å². The monoisotopic (exact) mass is 545 g/mol. The summed E-state index contributed by atoms with van der Waals surface area (Å²) in [6, 6.07) is 10.7. The Kier molecular flexibility index (Phi) is 8.85. The van der Waals surface area contributed by atoms with Crippen molar-refractivity contribution in [2.75, 3.05) is 32.7 Å². The van der Waals surface area contributed by atoms with Gasteiger partial charge in [0.2, 0.25) is 21.8 Å². The molecule has 2 atom stereocenters. The van der Waals surface area contributed by atoms with Gasteiger partial charge >= 0.3 is 6.09 Å². The maximum atomic E-state index is 13.5. The summed E-state index contributed by atoms with van der Waals surface area (Å²) in [5.41, 5.74) is 5.71. The number of hydrogen-bond donors (Lipinski definition) is 4. The molecule has 0 spiro atoms. The van der Waals surface area contributed by atoms with Crippen LogP contribution in [0.25, 0.3) is 10.8 Å². The van der Waals surface area contributed by atoms with Crippen LogP contribution >= 0.6 is 0 Å². The molecule has 4 rings (SSSR count). The van der Waals surface area contributed by atoms with Gasteiger partial charge in [-0.25, -0.2) is 13.2 Å². The molecule has 5 N–H and O–H groups in total. The Bertz CT molecular complexity index is 1280. The Balaban J connectivity index is 1.48. The number of carbonyl (C=O) groups is 3. The summed E-state index contributed by atoms with van der Waals surface area (Å²) < 4.78 is 29.2. The lowest BCUT2D eigenvalue weighted by Crippen LogP contribution is -2.52. The van der Waals surface area contributed by atoms with Crippen molar-refractivity contribution in [1.29, 1.82) is 0 Å². The second-order valence-electron chi connectivity index (χ2n) is 9.98. The van der Waals surface area contributed by atoms with Crippen molar-refractivity contribution >= 4 is 38.7 Å². The second kappa shape index (κ2) is 12.1. The van der Waals surface area contributed by atoms with Crippen LogP contribution in [-0.2, 0) is 19.6 Å². The Morgan fingerprint density at radius 3 is 2.53 bits per heavy atom. The van der Waals surface area contributed by atoms with Crippen LogP contribution in [0.4, 0.5) is 4.79 Å². The number of nitrogens with zero attached hydrogens (tertiary/aromatic N) is 2. The van der Waals surface area contributed by atoms with Gasteiger partial charge in [0.25, 0.3) is 0 Å². The van der Waals surface area contributed by atoms with E-state index in [0.717, 1.165) is 30.0 Å². The SMILES string of the molecule is NCCN(C(=O)[C@H](CC(=O)NC[C@@H]1CCCN(C(=O)O)C1)NS(=O)(=O)c1ccc2ccccc2c1)C1CC1. The van der Waals surface area contributed by atoms with Crippen molar-refractivity contribution in [3.05, 3.63) is 42.5 Å². The van der Waals surface area contributed by atoms with Crippen molar-refractivity contribution < 1.29 is 27.9 Å². The van der Waals surface area contributed by atoms with Gasteiger partial charge in [0.05, 0.1) is 11.3 Å². The maximum absolute atomic E-state index is 13.5. The number of amides is 3. The van der Waals surface area contributed by atoms with Crippen molar-refractivity contribution in [2.45, 2.75) is 49.1 Å². The van der Waals surface area contributed by atoms with Crippen molar-refractivity contribution in [2.24, 2.45) is 11.7 Å². The van der Waals surface area contributed by atoms with E-state index in [1.165, 1.54) is 17.0 Å². The van der Waals surface area contributed by atoms with Crippen LogP contribution in [0.5, 0.6) is 0 Å². The third-order valence-corrected chi connectivity index (χ3v) is 8.50. The number of rotatable bonds is 11. The van der Waals surface area contributed by atoms with E-state index < -0.39 is 34.0 Å². The van der Waals surface area contributed by atoms with E-state index in [-0.39, 0.29) is 42.9 Å². The molecular formula is C26H35N5O6S. The van der Waals surface area contributed by atoms with Crippen LogP contribution in [0.2, 0.25) is 0 Å². The molecule has 1 heterocycles. The summed E-state index contributed by atoms with van der Waals surface area (Å²) in [5, 5.41) is 13.6. The van der Waals surface area contributed by atoms with Crippen LogP contribution in [0.3, 0.4) is 0 Å². The first kappa shape index (κ1) is 27.8. The number of likely N-dealkylation sites (tertiary alicyclic amines) is 1. The van der Waals surface area contributed by atoms with Gasteiger partial charge in [-0.1, -0.05) is 30.3 Å². The average molecular weight is 546 g/mol. The summed E-state index contributed by atoms with van der Waals surface area (Å²) in [6.45, 7) is 1.52. The summed E-state index contributed by atoms with van der Waals surface area (Å²) in [5.74, 6) is -1.01. The standard InChI is InChI=1S/C26H35N5O6S/c27-11-13-31(21-8-9-21)25(33)23(15-24(32)28-16-18-4-3-12-30(17-18)26(34)35)29-38(36,37)22-10-7-19-5-1-2-6-20(19)14-22/h1-2,5-7,10,14,18,21,23,29H,3-4,8-9,11-13,15-17,27H2,(H,28,32)(H,34,35)/t18-,23-/m0/s1. The number of benzene rings is 2. The number of sulfonamides is 1. The summed E-state index contributed by atoms with van der Waals surface area (Å²) >= 11 is 0. The Morgan fingerprint density at radius 1 is 1.11 bits per heavy atom. The minimum Gasteiger partial charge on any atom is -0.465 e. The van der Waals surface area contributed by atoms with Crippen molar-refractivity contribution in [3.63, 3.8) is 0 Å². The van der Waals surface area contributed by atoms with E-state index in [2.05, 4.69) is 10.0 Å². The van der Waals surface area contributed by atoms with Gasteiger partial charge in [-0.15, -0.1) is 0 Å². The molecule has 206 valence electrons. The lowest BCUT2D eigenvalue weighted by Gasteiger charge is -2.31. The first-order valence-electron chi connectivity index (χ1n) is 12.9. The highest BCUT2D eigenvalue weighted by atomic mass is 32.2. The lowest BCUT2D eigenvalue weighted by atomic mass is 9.98. The van der Waals surface area contributed by atoms with Gasteiger partial charge in [0, 0.05) is 38.8 Å². The fraction of sp³-hybridized carbons (Fsp3) is 0.500. The van der Waals surface area contributed by atoms with Gasteiger partial charge in [-0.3, -0.25) is 9.59 Å². The zero-order valence-electron chi connectivity index (χ0n) is 21.2. The highest BCUT2D eigenvalue weighted by Gasteiger charge is 2.38. The van der Waals surface area contributed by atoms with E-state index >= 15 is 0 Å². The highest BCUT2D eigenvalue weighted by molar-refractivity contribution is 7.89. The van der Waals surface area contributed by atoms with Gasteiger partial charge < -0.3 is 26.0 Å².